The highest BCUT2D eigenvalue weighted by Gasteiger charge is 2.32. The molecule has 0 spiro atoms. The average molecular weight is 394 g/mol. The highest BCUT2D eigenvalue weighted by molar-refractivity contribution is 5.90. The minimum Gasteiger partial charge on any atom is -0.493 e. The predicted molar refractivity (Wildman–Crippen MR) is 98.8 cm³/mol. The Morgan fingerprint density at radius 1 is 1.14 bits per heavy atom. The van der Waals surface area contributed by atoms with Crippen LogP contribution in [0.1, 0.15) is 29.7 Å². The van der Waals surface area contributed by atoms with Crippen LogP contribution >= 0.6 is 0 Å². The number of amides is 2. The first-order chi connectivity index (χ1) is 13.2. The number of anilines is 1. The van der Waals surface area contributed by atoms with Gasteiger partial charge in [-0.15, -0.1) is 0 Å². The van der Waals surface area contributed by atoms with Crippen LogP contribution in [0.2, 0.25) is 0 Å². The van der Waals surface area contributed by atoms with E-state index in [-0.39, 0.29) is 11.7 Å². The minimum atomic E-state index is -4.46. The molecule has 0 aliphatic carbocycles. The summed E-state index contributed by atoms with van der Waals surface area (Å²) in [4.78, 5) is 14.3. The van der Waals surface area contributed by atoms with Crippen LogP contribution in [0, 0.1) is 0 Å². The van der Waals surface area contributed by atoms with E-state index >= 15 is 0 Å². The number of nitrogens with zero attached hydrogens (tertiary/aromatic N) is 1. The molecule has 2 amide bonds. The van der Waals surface area contributed by atoms with Gasteiger partial charge >= 0.3 is 12.2 Å². The zero-order chi connectivity index (χ0) is 20.5. The molecular weight excluding hydrogens is 373 g/mol. The molecule has 0 saturated heterocycles. The van der Waals surface area contributed by atoms with Crippen molar-refractivity contribution in [3.05, 3.63) is 53.1 Å². The van der Waals surface area contributed by atoms with Crippen molar-refractivity contribution < 1.29 is 27.4 Å². The summed E-state index contributed by atoms with van der Waals surface area (Å²) in [6.07, 6.45) is -3.86. The number of hydrogen-bond donors (Lipinski definition) is 1. The van der Waals surface area contributed by atoms with Crippen molar-refractivity contribution in [1.82, 2.24) is 4.90 Å². The molecule has 1 atom stereocenters. The number of nitrogens with one attached hydrogen (secondary N) is 1. The summed E-state index contributed by atoms with van der Waals surface area (Å²) in [5.41, 5.74) is 1.26. The molecule has 0 radical (unpaired) electrons. The van der Waals surface area contributed by atoms with Crippen molar-refractivity contribution in [2.24, 2.45) is 0 Å². The van der Waals surface area contributed by atoms with E-state index in [0.29, 0.717) is 24.5 Å². The van der Waals surface area contributed by atoms with E-state index in [1.54, 1.807) is 12.0 Å². The van der Waals surface area contributed by atoms with Crippen LogP contribution in [-0.2, 0) is 12.6 Å². The van der Waals surface area contributed by atoms with Gasteiger partial charge in [0.25, 0.3) is 0 Å². The van der Waals surface area contributed by atoms with E-state index in [2.05, 4.69) is 5.32 Å². The van der Waals surface area contributed by atoms with E-state index < -0.39 is 17.8 Å². The maximum atomic E-state index is 12.9. The number of alkyl halides is 3. The number of benzene rings is 2. The fraction of sp³-hybridized carbons (Fsp3) is 0.350. The van der Waals surface area contributed by atoms with Crippen LogP contribution in [0.5, 0.6) is 11.5 Å². The topological polar surface area (TPSA) is 50.8 Å². The highest BCUT2D eigenvalue weighted by atomic mass is 19.4. The molecule has 1 aliphatic rings. The number of halogens is 3. The average Bonchev–Trinajstić information content (AvgIpc) is 2.66. The SMILES string of the molecule is COc1cc2c(cc1OC)[C@@H](C)N(C(=O)Nc1cccc(C(F)(F)F)c1)CC2. The molecule has 8 heteroatoms. The van der Waals surface area contributed by atoms with E-state index in [1.165, 1.54) is 19.2 Å². The third kappa shape index (κ3) is 3.85. The number of carbonyl (C=O) groups excluding carboxylic acids is 1. The first kappa shape index (κ1) is 19.9. The van der Waals surface area contributed by atoms with E-state index in [1.807, 2.05) is 19.1 Å². The largest absolute Gasteiger partial charge is 0.493 e. The molecule has 0 fully saturated rings. The van der Waals surface area contributed by atoms with Crippen molar-refractivity contribution in [3.63, 3.8) is 0 Å². The van der Waals surface area contributed by atoms with Gasteiger partial charge in [0.2, 0.25) is 0 Å². The summed E-state index contributed by atoms with van der Waals surface area (Å²) in [5.74, 6) is 1.18. The third-order valence-electron chi connectivity index (χ3n) is 4.89. The molecule has 150 valence electrons. The second-order valence-electron chi connectivity index (χ2n) is 6.53. The van der Waals surface area contributed by atoms with Crippen LogP contribution < -0.4 is 14.8 Å². The molecule has 5 nitrogen and oxygen atoms in total. The van der Waals surface area contributed by atoms with E-state index in [9.17, 15) is 18.0 Å². The van der Waals surface area contributed by atoms with Gasteiger partial charge in [0.05, 0.1) is 25.8 Å². The third-order valence-corrected chi connectivity index (χ3v) is 4.89. The first-order valence-corrected chi connectivity index (χ1v) is 8.74. The Morgan fingerprint density at radius 3 is 2.46 bits per heavy atom. The van der Waals surface area contributed by atoms with Crippen molar-refractivity contribution in [2.45, 2.75) is 25.6 Å². The van der Waals surface area contributed by atoms with E-state index in [4.69, 9.17) is 9.47 Å². The molecule has 3 rings (SSSR count). The van der Waals surface area contributed by atoms with Crippen LogP contribution in [0.25, 0.3) is 0 Å². The van der Waals surface area contributed by atoms with Crippen LogP contribution in [0.3, 0.4) is 0 Å². The van der Waals surface area contributed by atoms with Crippen molar-refractivity contribution in [1.29, 1.82) is 0 Å². The van der Waals surface area contributed by atoms with E-state index in [0.717, 1.165) is 23.3 Å². The lowest BCUT2D eigenvalue weighted by Gasteiger charge is -2.35. The van der Waals surface area contributed by atoms with Gasteiger partial charge in [0.1, 0.15) is 0 Å². The Balaban J connectivity index is 1.81. The Hall–Kier alpha value is -2.90. The summed E-state index contributed by atoms with van der Waals surface area (Å²) in [6.45, 7) is 2.31. The Bertz CT molecular complexity index is 883. The van der Waals surface area contributed by atoms with Crippen LogP contribution in [-0.4, -0.2) is 31.7 Å². The summed E-state index contributed by atoms with van der Waals surface area (Å²) in [5, 5.41) is 2.57. The van der Waals surface area contributed by atoms with Crippen LogP contribution in [0.15, 0.2) is 36.4 Å². The molecule has 0 unspecified atom stereocenters. The lowest BCUT2D eigenvalue weighted by molar-refractivity contribution is -0.137. The normalized spacial score (nSPS) is 16.4. The second-order valence-corrected chi connectivity index (χ2v) is 6.53. The highest BCUT2D eigenvalue weighted by Crippen LogP contribution is 2.38. The standard InChI is InChI=1S/C20H21F3N2O3/c1-12-16-11-18(28-3)17(27-2)9-13(16)7-8-25(12)19(26)24-15-6-4-5-14(10-15)20(21,22)23/h4-6,9-12H,7-8H2,1-3H3,(H,24,26)/t12-/m1/s1. The molecule has 28 heavy (non-hydrogen) atoms. The summed E-state index contributed by atoms with van der Waals surface area (Å²) >= 11 is 0. The number of methoxy groups -OCH3 is 2. The quantitative estimate of drug-likeness (QED) is 0.808. The second kappa shape index (κ2) is 7.61. The van der Waals surface area contributed by atoms with Gasteiger partial charge in [0, 0.05) is 12.2 Å². The lowest BCUT2D eigenvalue weighted by Crippen LogP contribution is -2.41. The number of fused-ring (bicyclic) bond motifs is 1. The number of hydrogen-bond acceptors (Lipinski definition) is 3. The Morgan fingerprint density at radius 2 is 1.82 bits per heavy atom. The molecule has 1 aliphatic heterocycles. The number of ether oxygens (including phenoxy) is 2. The number of rotatable bonds is 3. The van der Waals surface area contributed by atoms with Gasteiger partial charge in [-0.1, -0.05) is 6.07 Å². The molecule has 2 aromatic rings. The molecule has 0 bridgehead atoms. The molecule has 2 aromatic carbocycles. The summed E-state index contributed by atoms with van der Waals surface area (Å²) < 4.78 is 49.3. The predicted octanol–water partition coefficient (Wildman–Crippen LogP) is 4.87. The van der Waals surface area contributed by atoms with Gasteiger partial charge in [-0.05, 0) is 54.8 Å². The van der Waals surface area contributed by atoms with Crippen molar-refractivity contribution in [2.75, 3.05) is 26.1 Å². The van der Waals surface area contributed by atoms with Gasteiger partial charge in [-0.3, -0.25) is 0 Å². The monoisotopic (exact) mass is 394 g/mol. The molecule has 1 heterocycles. The minimum absolute atomic E-state index is 0.102. The van der Waals surface area contributed by atoms with Gasteiger partial charge in [-0.2, -0.15) is 13.2 Å². The van der Waals surface area contributed by atoms with Crippen molar-refractivity contribution >= 4 is 11.7 Å². The van der Waals surface area contributed by atoms with Gasteiger partial charge in [-0.25, -0.2) is 4.79 Å². The molecule has 1 N–H and O–H groups in total. The van der Waals surface area contributed by atoms with Crippen molar-refractivity contribution in [3.8, 4) is 11.5 Å². The first-order valence-electron chi connectivity index (χ1n) is 8.74. The molecule has 0 saturated carbocycles. The fourth-order valence-corrected chi connectivity index (χ4v) is 3.39. The van der Waals surface area contributed by atoms with Crippen LogP contribution in [0.4, 0.5) is 23.7 Å². The smallest absolute Gasteiger partial charge is 0.416 e. The zero-order valence-electron chi connectivity index (χ0n) is 15.8. The van der Waals surface area contributed by atoms with Gasteiger partial charge < -0.3 is 19.7 Å². The number of urea groups is 1. The summed E-state index contributed by atoms with van der Waals surface area (Å²) in [7, 11) is 3.10. The molecular formula is C20H21F3N2O3. The Labute approximate surface area is 161 Å². The summed E-state index contributed by atoms with van der Waals surface area (Å²) in [6, 6.07) is 7.61. The zero-order valence-corrected chi connectivity index (χ0v) is 15.8. The lowest BCUT2D eigenvalue weighted by atomic mass is 9.93. The Kier molecular flexibility index (Phi) is 5.40. The van der Waals surface area contributed by atoms with Gasteiger partial charge in [0.15, 0.2) is 11.5 Å². The number of carbonyl (C=O) groups is 1. The maximum Gasteiger partial charge on any atom is 0.416 e. The molecule has 0 aromatic heterocycles. The maximum absolute atomic E-state index is 12.9. The fourth-order valence-electron chi connectivity index (χ4n) is 3.39.